The van der Waals surface area contributed by atoms with E-state index in [1.54, 1.807) is 0 Å². The van der Waals surface area contributed by atoms with Crippen LogP contribution >= 0.6 is 0 Å². The van der Waals surface area contributed by atoms with Crippen LogP contribution in [0.5, 0.6) is 5.88 Å². The van der Waals surface area contributed by atoms with Crippen LogP contribution in [0.3, 0.4) is 0 Å². The first-order chi connectivity index (χ1) is 11.8. The van der Waals surface area contributed by atoms with Crippen molar-refractivity contribution < 1.29 is 36.3 Å². The molecule has 146 valence electrons. The summed E-state index contributed by atoms with van der Waals surface area (Å²) in [5, 5.41) is 0. The van der Waals surface area contributed by atoms with Gasteiger partial charge in [-0.2, -0.15) is 13.2 Å². The van der Waals surface area contributed by atoms with Gasteiger partial charge in [-0.1, -0.05) is 0 Å². The standard InChI is InChI=1S/C16H22BF4NO4/c1-10(16(19,20)21)23-6-7-24-13-12(18)8-11(9-22-13)17-25-14(2,3)15(4,5)26-17/h8-10H,6-7H2,1-5H3/t10-/m0/s1. The van der Waals surface area contributed by atoms with Gasteiger partial charge in [-0.3, -0.25) is 0 Å². The first-order valence-electron chi connectivity index (χ1n) is 8.16. The zero-order valence-electron chi connectivity index (χ0n) is 15.3. The quantitative estimate of drug-likeness (QED) is 0.432. The average Bonchev–Trinajstić information content (AvgIpc) is 2.72. The Morgan fingerprint density at radius 3 is 2.23 bits per heavy atom. The first-order valence-corrected chi connectivity index (χ1v) is 8.16. The number of aromatic nitrogens is 1. The molecule has 0 unspecified atom stereocenters. The molecule has 1 aromatic heterocycles. The van der Waals surface area contributed by atoms with E-state index in [0.29, 0.717) is 5.46 Å². The van der Waals surface area contributed by atoms with E-state index in [-0.39, 0.29) is 19.1 Å². The van der Waals surface area contributed by atoms with Gasteiger partial charge in [0, 0.05) is 11.7 Å². The Kier molecular flexibility index (Phi) is 5.89. The van der Waals surface area contributed by atoms with Gasteiger partial charge in [-0.05, 0) is 40.7 Å². The van der Waals surface area contributed by atoms with Crippen molar-refractivity contribution in [2.24, 2.45) is 0 Å². The average molecular weight is 379 g/mol. The topological polar surface area (TPSA) is 49.8 Å². The van der Waals surface area contributed by atoms with Crippen LogP contribution in [-0.2, 0) is 14.0 Å². The lowest BCUT2D eigenvalue weighted by molar-refractivity contribution is -0.215. The van der Waals surface area contributed by atoms with E-state index in [1.165, 1.54) is 12.3 Å². The molecule has 0 saturated carbocycles. The Labute approximate surface area is 150 Å². The highest BCUT2D eigenvalue weighted by Crippen LogP contribution is 2.36. The molecule has 0 amide bonds. The van der Waals surface area contributed by atoms with Crippen molar-refractivity contribution in [3.8, 4) is 5.88 Å². The van der Waals surface area contributed by atoms with Crippen LogP contribution in [0, 0.1) is 5.82 Å². The van der Waals surface area contributed by atoms with E-state index in [2.05, 4.69) is 9.72 Å². The summed E-state index contributed by atoms with van der Waals surface area (Å²) in [6, 6.07) is 1.17. The van der Waals surface area contributed by atoms with E-state index in [0.717, 1.165) is 6.92 Å². The maximum Gasteiger partial charge on any atom is 0.496 e. The first kappa shape index (κ1) is 20.9. The molecule has 5 nitrogen and oxygen atoms in total. The lowest BCUT2D eigenvalue weighted by atomic mass is 9.80. The molecule has 10 heteroatoms. The van der Waals surface area contributed by atoms with Gasteiger partial charge in [-0.25, -0.2) is 9.37 Å². The summed E-state index contributed by atoms with van der Waals surface area (Å²) in [6.07, 6.45) is -5.03. The molecule has 0 aliphatic carbocycles. The number of hydrogen-bond acceptors (Lipinski definition) is 5. The summed E-state index contributed by atoms with van der Waals surface area (Å²) in [7, 11) is -0.771. The number of alkyl halides is 3. The third-order valence-electron chi connectivity index (χ3n) is 4.50. The van der Waals surface area contributed by atoms with Gasteiger partial charge in [0.15, 0.2) is 11.9 Å². The van der Waals surface area contributed by atoms with Crippen molar-refractivity contribution in [1.29, 1.82) is 0 Å². The van der Waals surface area contributed by atoms with Crippen LogP contribution in [0.25, 0.3) is 0 Å². The molecule has 0 aromatic carbocycles. The fourth-order valence-corrected chi connectivity index (χ4v) is 2.11. The molecule has 0 N–H and O–H groups in total. The Morgan fingerprint density at radius 1 is 1.15 bits per heavy atom. The Morgan fingerprint density at radius 2 is 1.73 bits per heavy atom. The van der Waals surface area contributed by atoms with Gasteiger partial charge < -0.3 is 18.8 Å². The molecule has 1 aliphatic heterocycles. The Bertz CT molecular complexity index is 623. The minimum absolute atomic E-state index is 0.264. The normalized spacial score (nSPS) is 20.3. The summed E-state index contributed by atoms with van der Waals surface area (Å²) in [4.78, 5) is 3.85. The van der Waals surface area contributed by atoms with Gasteiger partial charge in [0.05, 0.1) is 17.8 Å². The predicted molar refractivity (Wildman–Crippen MR) is 86.9 cm³/mol. The summed E-state index contributed by atoms with van der Waals surface area (Å²) >= 11 is 0. The van der Waals surface area contributed by atoms with Crippen molar-refractivity contribution in [2.75, 3.05) is 13.2 Å². The highest BCUT2D eigenvalue weighted by Gasteiger charge is 2.52. The Balaban J connectivity index is 1.92. The van der Waals surface area contributed by atoms with E-state index in [4.69, 9.17) is 14.0 Å². The number of ether oxygens (including phenoxy) is 2. The summed E-state index contributed by atoms with van der Waals surface area (Å²) in [6.45, 7) is 7.76. The van der Waals surface area contributed by atoms with Gasteiger partial charge in [0.1, 0.15) is 6.61 Å². The second kappa shape index (κ2) is 7.32. The van der Waals surface area contributed by atoms with Gasteiger partial charge in [0.25, 0.3) is 0 Å². The van der Waals surface area contributed by atoms with Gasteiger partial charge in [-0.15, -0.1) is 0 Å². The molecule has 26 heavy (non-hydrogen) atoms. The van der Waals surface area contributed by atoms with Crippen molar-refractivity contribution in [1.82, 2.24) is 4.98 Å². The number of pyridine rings is 1. The monoisotopic (exact) mass is 379 g/mol. The smallest absolute Gasteiger partial charge is 0.473 e. The van der Waals surface area contributed by atoms with E-state index < -0.39 is 36.4 Å². The molecule has 1 saturated heterocycles. The second-order valence-electron chi connectivity index (χ2n) is 7.05. The highest BCUT2D eigenvalue weighted by atomic mass is 19.4. The van der Waals surface area contributed by atoms with Gasteiger partial charge in [0.2, 0.25) is 5.88 Å². The van der Waals surface area contributed by atoms with Crippen LogP contribution < -0.4 is 10.2 Å². The fourth-order valence-electron chi connectivity index (χ4n) is 2.11. The third kappa shape index (κ3) is 4.66. The molecule has 2 rings (SSSR count). The fraction of sp³-hybridized carbons (Fsp3) is 0.688. The second-order valence-corrected chi connectivity index (χ2v) is 7.05. The molecule has 0 spiro atoms. The van der Waals surface area contributed by atoms with Crippen LogP contribution in [-0.4, -0.2) is 48.8 Å². The molecular weight excluding hydrogens is 357 g/mol. The van der Waals surface area contributed by atoms with Crippen LogP contribution in [0.4, 0.5) is 17.6 Å². The molecule has 0 bridgehead atoms. The van der Waals surface area contributed by atoms with Crippen LogP contribution in [0.15, 0.2) is 12.3 Å². The molecule has 1 aliphatic rings. The molecule has 2 heterocycles. The van der Waals surface area contributed by atoms with Crippen molar-refractivity contribution in [2.45, 2.75) is 58.1 Å². The van der Waals surface area contributed by atoms with Crippen LogP contribution in [0.2, 0.25) is 0 Å². The zero-order valence-corrected chi connectivity index (χ0v) is 15.3. The molecule has 1 atom stereocenters. The summed E-state index contributed by atoms with van der Waals surface area (Å²) < 4.78 is 72.3. The molecule has 1 aromatic rings. The largest absolute Gasteiger partial charge is 0.496 e. The van der Waals surface area contributed by atoms with Crippen LogP contribution in [0.1, 0.15) is 34.6 Å². The number of rotatable bonds is 6. The predicted octanol–water partition coefficient (Wildman–Crippen LogP) is 2.87. The molecule has 0 radical (unpaired) electrons. The third-order valence-corrected chi connectivity index (χ3v) is 4.50. The SMILES string of the molecule is C[C@H](OCCOc1ncc(B2OC(C)(C)C(C)(C)O2)cc1F)C(F)(F)F. The van der Waals surface area contributed by atoms with Crippen molar-refractivity contribution in [3.05, 3.63) is 18.1 Å². The maximum atomic E-state index is 14.1. The lowest BCUT2D eigenvalue weighted by Gasteiger charge is -2.32. The Hall–Kier alpha value is -1.39. The summed E-state index contributed by atoms with van der Waals surface area (Å²) in [5.74, 6) is -1.09. The van der Waals surface area contributed by atoms with Crippen molar-refractivity contribution in [3.63, 3.8) is 0 Å². The number of hydrogen-bond donors (Lipinski definition) is 0. The van der Waals surface area contributed by atoms with E-state index in [1.807, 2.05) is 27.7 Å². The molecular formula is C16H22BF4NO4. The van der Waals surface area contributed by atoms with Gasteiger partial charge >= 0.3 is 13.3 Å². The highest BCUT2D eigenvalue weighted by molar-refractivity contribution is 6.62. The number of halogens is 4. The number of nitrogens with zero attached hydrogens (tertiary/aromatic N) is 1. The minimum Gasteiger partial charge on any atom is -0.473 e. The van der Waals surface area contributed by atoms with Crippen molar-refractivity contribution >= 4 is 12.6 Å². The van der Waals surface area contributed by atoms with E-state index >= 15 is 0 Å². The molecule has 1 fully saturated rings. The zero-order chi connectivity index (χ0) is 19.8. The minimum atomic E-state index is -4.45. The maximum absolute atomic E-state index is 14.1. The lowest BCUT2D eigenvalue weighted by Crippen LogP contribution is -2.41. The van der Waals surface area contributed by atoms with E-state index in [9.17, 15) is 17.6 Å². The summed E-state index contributed by atoms with van der Waals surface area (Å²) in [5.41, 5.74) is -0.762.